The first-order chi connectivity index (χ1) is 8.74. The van der Waals surface area contributed by atoms with Crippen LogP contribution in [0.4, 0.5) is 0 Å². The molecule has 0 aliphatic rings. The summed E-state index contributed by atoms with van der Waals surface area (Å²) < 4.78 is 0.882. The number of benzene rings is 1. The molecule has 92 valence electrons. The van der Waals surface area contributed by atoms with Gasteiger partial charge in [-0.25, -0.2) is 0 Å². The standard InChI is InChI=1S/C14H12BrNOS/c1-18-13-4-2-10(3-5-13)14(9-17)11-6-12(15)8-16-7-11/h2-9,14H,1H3. The smallest absolute Gasteiger partial charge is 0.131 e. The van der Waals surface area contributed by atoms with E-state index in [4.69, 9.17) is 0 Å². The predicted molar refractivity (Wildman–Crippen MR) is 78.1 cm³/mol. The topological polar surface area (TPSA) is 30.0 Å². The second-order valence-corrected chi connectivity index (χ2v) is 5.62. The minimum absolute atomic E-state index is 0.258. The first-order valence-corrected chi connectivity index (χ1v) is 7.46. The highest BCUT2D eigenvalue weighted by Crippen LogP contribution is 2.26. The molecule has 1 unspecified atom stereocenters. The van der Waals surface area contributed by atoms with Crippen LogP contribution >= 0.6 is 27.7 Å². The van der Waals surface area contributed by atoms with Crippen LogP contribution in [0.25, 0.3) is 0 Å². The third kappa shape index (κ3) is 3.00. The zero-order valence-corrected chi connectivity index (χ0v) is 12.2. The van der Waals surface area contributed by atoms with E-state index in [-0.39, 0.29) is 5.92 Å². The van der Waals surface area contributed by atoms with Crippen molar-refractivity contribution in [1.82, 2.24) is 4.98 Å². The minimum atomic E-state index is -0.258. The van der Waals surface area contributed by atoms with Gasteiger partial charge in [0.05, 0.1) is 5.92 Å². The molecular formula is C14H12BrNOS. The van der Waals surface area contributed by atoms with Crippen molar-refractivity contribution in [3.8, 4) is 0 Å². The molecular weight excluding hydrogens is 310 g/mol. The van der Waals surface area contributed by atoms with E-state index in [1.807, 2.05) is 36.6 Å². The molecule has 0 saturated carbocycles. The highest BCUT2D eigenvalue weighted by atomic mass is 79.9. The quantitative estimate of drug-likeness (QED) is 0.632. The molecule has 0 fully saturated rings. The van der Waals surface area contributed by atoms with Crippen LogP contribution in [0.2, 0.25) is 0 Å². The zero-order chi connectivity index (χ0) is 13.0. The van der Waals surface area contributed by atoms with E-state index >= 15 is 0 Å². The van der Waals surface area contributed by atoms with Crippen LogP contribution in [-0.2, 0) is 4.79 Å². The Morgan fingerprint density at radius 3 is 2.50 bits per heavy atom. The lowest BCUT2D eigenvalue weighted by molar-refractivity contribution is -0.108. The monoisotopic (exact) mass is 321 g/mol. The van der Waals surface area contributed by atoms with Crippen molar-refractivity contribution in [3.05, 3.63) is 58.3 Å². The summed E-state index contributed by atoms with van der Waals surface area (Å²) in [7, 11) is 0. The van der Waals surface area contributed by atoms with Gasteiger partial charge in [-0.3, -0.25) is 4.98 Å². The SMILES string of the molecule is CSc1ccc(C(C=O)c2cncc(Br)c2)cc1. The van der Waals surface area contributed by atoms with Gasteiger partial charge in [-0.15, -0.1) is 11.8 Å². The predicted octanol–water partition coefficient (Wildman–Crippen LogP) is 3.90. The molecule has 0 aliphatic carbocycles. The number of pyridine rings is 1. The Balaban J connectivity index is 2.35. The van der Waals surface area contributed by atoms with E-state index in [1.165, 1.54) is 4.90 Å². The average molecular weight is 322 g/mol. The molecule has 0 aliphatic heterocycles. The number of carbonyl (C=O) groups is 1. The number of thioether (sulfide) groups is 1. The summed E-state index contributed by atoms with van der Waals surface area (Å²) in [5, 5.41) is 0. The molecule has 1 aromatic heterocycles. The van der Waals surface area contributed by atoms with E-state index in [0.29, 0.717) is 0 Å². The van der Waals surface area contributed by atoms with Crippen molar-refractivity contribution in [2.75, 3.05) is 6.26 Å². The summed E-state index contributed by atoms with van der Waals surface area (Å²) in [6, 6.07) is 9.97. The molecule has 0 bridgehead atoms. The number of aromatic nitrogens is 1. The van der Waals surface area contributed by atoms with E-state index in [0.717, 1.165) is 21.9 Å². The summed E-state index contributed by atoms with van der Waals surface area (Å²) in [5.74, 6) is -0.258. The largest absolute Gasteiger partial charge is 0.302 e. The Labute approximate surface area is 119 Å². The van der Waals surface area contributed by atoms with Gasteiger partial charge >= 0.3 is 0 Å². The molecule has 2 rings (SSSR count). The first-order valence-electron chi connectivity index (χ1n) is 5.44. The van der Waals surface area contributed by atoms with E-state index in [1.54, 1.807) is 24.2 Å². The summed E-state index contributed by atoms with van der Waals surface area (Å²) >= 11 is 5.06. The fourth-order valence-corrected chi connectivity index (χ4v) is 2.55. The summed E-state index contributed by atoms with van der Waals surface area (Å²) in [6.07, 6.45) is 6.43. The highest BCUT2D eigenvalue weighted by Gasteiger charge is 2.13. The fourth-order valence-electron chi connectivity index (χ4n) is 1.76. The van der Waals surface area contributed by atoms with Crippen LogP contribution < -0.4 is 0 Å². The molecule has 2 nitrogen and oxygen atoms in total. The lowest BCUT2D eigenvalue weighted by Gasteiger charge is -2.11. The maximum absolute atomic E-state index is 11.3. The molecule has 0 spiro atoms. The van der Waals surface area contributed by atoms with Crippen molar-refractivity contribution < 1.29 is 4.79 Å². The van der Waals surface area contributed by atoms with Gasteiger partial charge in [0.15, 0.2) is 0 Å². The lowest BCUT2D eigenvalue weighted by Crippen LogP contribution is -2.02. The third-order valence-corrected chi connectivity index (χ3v) is 3.87. The van der Waals surface area contributed by atoms with Crippen molar-refractivity contribution >= 4 is 34.0 Å². The molecule has 1 aromatic carbocycles. The lowest BCUT2D eigenvalue weighted by atomic mass is 9.94. The number of hydrogen-bond acceptors (Lipinski definition) is 3. The molecule has 0 N–H and O–H groups in total. The summed E-state index contributed by atoms with van der Waals surface area (Å²) in [6.45, 7) is 0. The van der Waals surface area contributed by atoms with Crippen molar-refractivity contribution in [3.63, 3.8) is 0 Å². The molecule has 0 radical (unpaired) electrons. The number of aldehydes is 1. The summed E-state index contributed by atoms with van der Waals surface area (Å²) in [5.41, 5.74) is 1.89. The molecule has 4 heteroatoms. The number of halogens is 1. The van der Waals surface area contributed by atoms with Gasteiger partial charge in [0.25, 0.3) is 0 Å². The molecule has 1 atom stereocenters. The van der Waals surface area contributed by atoms with Gasteiger partial charge in [-0.2, -0.15) is 0 Å². The van der Waals surface area contributed by atoms with Crippen LogP contribution in [0.15, 0.2) is 52.1 Å². The number of carbonyl (C=O) groups excluding carboxylic acids is 1. The van der Waals surface area contributed by atoms with Crippen LogP contribution in [-0.4, -0.2) is 17.5 Å². The minimum Gasteiger partial charge on any atom is -0.302 e. The molecule has 2 aromatic rings. The Bertz CT molecular complexity index is 542. The van der Waals surface area contributed by atoms with Crippen molar-refractivity contribution in [1.29, 1.82) is 0 Å². The van der Waals surface area contributed by atoms with Gasteiger partial charge in [0.2, 0.25) is 0 Å². The fraction of sp³-hybridized carbons (Fsp3) is 0.143. The van der Waals surface area contributed by atoms with Gasteiger partial charge in [-0.05, 0) is 51.5 Å². The second-order valence-electron chi connectivity index (χ2n) is 3.82. The van der Waals surface area contributed by atoms with Crippen LogP contribution in [0.3, 0.4) is 0 Å². The highest BCUT2D eigenvalue weighted by molar-refractivity contribution is 9.10. The maximum atomic E-state index is 11.3. The van der Waals surface area contributed by atoms with E-state index in [9.17, 15) is 4.79 Å². The van der Waals surface area contributed by atoms with Gasteiger partial charge in [0, 0.05) is 21.8 Å². The van der Waals surface area contributed by atoms with Gasteiger partial charge in [-0.1, -0.05) is 12.1 Å². The molecule has 0 saturated heterocycles. The van der Waals surface area contributed by atoms with Crippen molar-refractivity contribution in [2.24, 2.45) is 0 Å². The number of nitrogens with zero attached hydrogens (tertiary/aromatic N) is 1. The Morgan fingerprint density at radius 1 is 1.22 bits per heavy atom. The van der Waals surface area contributed by atoms with Crippen LogP contribution in [0.1, 0.15) is 17.0 Å². The number of hydrogen-bond donors (Lipinski definition) is 0. The van der Waals surface area contributed by atoms with Gasteiger partial charge in [0.1, 0.15) is 6.29 Å². The van der Waals surface area contributed by atoms with E-state index < -0.39 is 0 Å². The van der Waals surface area contributed by atoms with Crippen molar-refractivity contribution in [2.45, 2.75) is 10.8 Å². The number of rotatable bonds is 4. The third-order valence-electron chi connectivity index (χ3n) is 2.70. The molecule has 0 amide bonds. The van der Waals surface area contributed by atoms with Crippen LogP contribution in [0, 0.1) is 0 Å². The normalized spacial score (nSPS) is 12.1. The molecule has 18 heavy (non-hydrogen) atoms. The average Bonchev–Trinajstić information content (AvgIpc) is 2.40. The summed E-state index contributed by atoms with van der Waals surface area (Å²) in [4.78, 5) is 16.6. The molecule has 1 heterocycles. The van der Waals surface area contributed by atoms with E-state index in [2.05, 4.69) is 20.9 Å². The Kier molecular flexibility index (Phi) is 4.55. The second kappa shape index (κ2) is 6.16. The first kappa shape index (κ1) is 13.3. The van der Waals surface area contributed by atoms with Crippen LogP contribution in [0.5, 0.6) is 0 Å². The maximum Gasteiger partial charge on any atom is 0.131 e. The Morgan fingerprint density at radius 2 is 1.94 bits per heavy atom. The Hall–Kier alpha value is -1.13. The van der Waals surface area contributed by atoms with Gasteiger partial charge < -0.3 is 4.79 Å². The zero-order valence-electron chi connectivity index (χ0n) is 9.84.